The van der Waals surface area contributed by atoms with E-state index in [1.54, 1.807) is 6.92 Å². The van der Waals surface area contributed by atoms with Crippen molar-refractivity contribution in [1.29, 1.82) is 0 Å². The average molecular weight is 279 g/mol. The molecule has 0 aromatic heterocycles. The summed E-state index contributed by atoms with van der Waals surface area (Å²) < 4.78 is 11.1. The van der Waals surface area contributed by atoms with Crippen molar-refractivity contribution in [2.24, 2.45) is 17.8 Å². The Labute approximate surface area is 118 Å². The van der Waals surface area contributed by atoms with E-state index in [1.165, 1.54) is 0 Å². The Bertz CT molecular complexity index is 472. The third-order valence-electron chi connectivity index (χ3n) is 4.32. The number of carbonyl (C=O) groups excluding carboxylic acids is 2. The maximum atomic E-state index is 12.6. The molecule has 0 saturated carbocycles. The maximum Gasteiger partial charge on any atom is 0.312 e. The van der Waals surface area contributed by atoms with E-state index in [2.05, 4.69) is 13.8 Å². The number of rotatable bonds is 4. The van der Waals surface area contributed by atoms with Crippen LogP contribution in [0.3, 0.4) is 0 Å². The number of carbonyl (C=O) groups is 2. The van der Waals surface area contributed by atoms with E-state index in [0.29, 0.717) is 25.6 Å². The predicted molar refractivity (Wildman–Crippen MR) is 71.8 cm³/mol. The number of likely N-dealkylation sites (tertiary alicyclic amines) is 1. The number of ether oxygens (including phenoxy) is 2. The molecular formula is C15H21NO4. The molecule has 20 heavy (non-hydrogen) atoms. The van der Waals surface area contributed by atoms with Crippen LogP contribution < -0.4 is 0 Å². The van der Waals surface area contributed by atoms with Gasteiger partial charge in [-0.3, -0.25) is 9.59 Å². The normalized spacial score (nSPS) is 37.9. The minimum Gasteiger partial charge on any atom is -0.466 e. The second-order valence-corrected chi connectivity index (χ2v) is 6.26. The molecule has 4 atom stereocenters. The number of amides is 1. The van der Waals surface area contributed by atoms with E-state index in [-0.39, 0.29) is 18.0 Å². The van der Waals surface area contributed by atoms with Crippen LogP contribution in [0.5, 0.6) is 0 Å². The number of hydrogen-bond acceptors (Lipinski definition) is 4. The van der Waals surface area contributed by atoms with Crippen LogP contribution in [0.2, 0.25) is 0 Å². The predicted octanol–water partition coefficient (Wildman–Crippen LogP) is 0.987. The lowest BCUT2D eigenvalue weighted by molar-refractivity contribution is -0.153. The van der Waals surface area contributed by atoms with E-state index >= 15 is 0 Å². The number of esters is 1. The van der Waals surface area contributed by atoms with Gasteiger partial charge in [0.1, 0.15) is 11.5 Å². The van der Waals surface area contributed by atoms with Gasteiger partial charge in [-0.1, -0.05) is 26.0 Å². The summed E-state index contributed by atoms with van der Waals surface area (Å²) in [6.45, 7) is 7.52. The van der Waals surface area contributed by atoms with Crippen molar-refractivity contribution in [2.75, 3.05) is 19.7 Å². The van der Waals surface area contributed by atoms with Gasteiger partial charge in [-0.2, -0.15) is 0 Å². The van der Waals surface area contributed by atoms with E-state index in [9.17, 15) is 9.59 Å². The van der Waals surface area contributed by atoms with Gasteiger partial charge < -0.3 is 14.4 Å². The molecule has 2 fully saturated rings. The Balaban J connectivity index is 1.87. The Morgan fingerprint density at radius 2 is 2.35 bits per heavy atom. The standard InChI is InChI=1S/C15H21NO4/c1-4-19-14(18)11-10-5-6-15(20-10)8-16(7-9(2)3)13(17)12(11)15/h5-6,9-12H,4,7-8H2,1-3H3/t10-,11-,12+,15+/m1/s1. The van der Waals surface area contributed by atoms with Crippen LogP contribution in [0, 0.1) is 17.8 Å². The summed E-state index contributed by atoms with van der Waals surface area (Å²) in [4.78, 5) is 26.6. The molecule has 3 rings (SSSR count). The molecule has 5 nitrogen and oxygen atoms in total. The van der Waals surface area contributed by atoms with Crippen LogP contribution in [0.4, 0.5) is 0 Å². The summed E-state index contributed by atoms with van der Waals surface area (Å²) in [7, 11) is 0. The monoisotopic (exact) mass is 279 g/mol. The lowest BCUT2D eigenvalue weighted by atomic mass is 9.77. The fraction of sp³-hybridized carbons (Fsp3) is 0.733. The molecule has 110 valence electrons. The summed E-state index contributed by atoms with van der Waals surface area (Å²) in [5, 5.41) is 0. The van der Waals surface area contributed by atoms with E-state index in [0.717, 1.165) is 0 Å². The van der Waals surface area contributed by atoms with E-state index < -0.39 is 17.4 Å². The number of hydrogen-bond donors (Lipinski definition) is 0. The average Bonchev–Trinajstić information content (AvgIpc) is 2.98. The smallest absolute Gasteiger partial charge is 0.312 e. The highest BCUT2D eigenvalue weighted by molar-refractivity contribution is 5.91. The highest BCUT2D eigenvalue weighted by atomic mass is 16.6. The minimum atomic E-state index is -0.603. The fourth-order valence-corrected chi connectivity index (χ4v) is 3.68. The zero-order chi connectivity index (χ0) is 14.5. The van der Waals surface area contributed by atoms with Gasteiger partial charge in [-0.05, 0) is 12.8 Å². The third-order valence-corrected chi connectivity index (χ3v) is 4.32. The van der Waals surface area contributed by atoms with Crippen molar-refractivity contribution < 1.29 is 19.1 Å². The van der Waals surface area contributed by atoms with Gasteiger partial charge in [0.05, 0.1) is 25.2 Å². The third kappa shape index (κ3) is 1.79. The van der Waals surface area contributed by atoms with E-state index in [4.69, 9.17) is 9.47 Å². The Morgan fingerprint density at radius 3 is 3.00 bits per heavy atom. The van der Waals surface area contributed by atoms with Crippen molar-refractivity contribution in [1.82, 2.24) is 4.90 Å². The number of nitrogens with zero attached hydrogens (tertiary/aromatic N) is 1. The van der Waals surface area contributed by atoms with Crippen molar-refractivity contribution in [3.63, 3.8) is 0 Å². The van der Waals surface area contributed by atoms with Crippen molar-refractivity contribution in [3.8, 4) is 0 Å². The molecular weight excluding hydrogens is 258 g/mol. The van der Waals surface area contributed by atoms with Crippen LogP contribution in [0.15, 0.2) is 12.2 Å². The van der Waals surface area contributed by atoms with Crippen LogP contribution in [0.1, 0.15) is 20.8 Å². The molecule has 2 bridgehead atoms. The first-order valence-corrected chi connectivity index (χ1v) is 7.31. The molecule has 1 spiro atoms. The lowest BCUT2D eigenvalue weighted by Gasteiger charge is -2.22. The molecule has 0 radical (unpaired) electrons. The van der Waals surface area contributed by atoms with Gasteiger partial charge in [0, 0.05) is 6.54 Å². The molecule has 5 heteroatoms. The molecule has 0 aromatic carbocycles. The van der Waals surface area contributed by atoms with Crippen LogP contribution in [0.25, 0.3) is 0 Å². The van der Waals surface area contributed by atoms with Crippen molar-refractivity contribution >= 4 is 11.9 Å². The summed E-state index contributed by atoms with van der Waals surface area (Å²) in [5.74, 6) is -0.770. The van der Waals surface area contributed by atoms with Crippen molar-refractivity contribution in [2.45, 2.75) is 32.5 Å². The molecule has 0 N–H and O–H groups in total. The second kappa shape index (κ2) is 4.58. The van der Waals surface area contributed by atoms with E-state index in [1.807, 2.05) is 17.1 Å². The molecule has 0 aromatic rings. The summed E-state index contributed by atoms with van der Waals surface area (Å²) in [5.41, 5.74) is -0.603. The second-order valence-electron chi connectivity index (χ2n) is 6.26. The molecule has 1 amide bonds. The molecule has 3 heterocycles. The summed E-state index contributed by atoms with van der Waals surface area (Å²) >= 11 is 0. The summed E-state index contributed by atoms with van der Waals surface area (Å²) in [6.07, 6.45) is 3.57. The van der Waals surface area contributed by atoms with Gasteiger partial charge in [-0.15, -0.1) is 0 Å². The van der Waals surface area contributed by atoms with Crippen LogP contribution in [-0.4, -0.2) is 48.2 Å². The zero-order valence-corrected chi connectivity index (χ0v) is 12.2. The highest BCUT2D eigenvalue weighted by Gasteiger charge is 2.67. The van der Waals surface area contributed by atoms with Gasteiger partial charge in [-0.25, -0.2) is 0 Å². The number of fused-ring (bicyclic) bond motifs is 1. The molecule has 3 aliphatic rings. The van der Waals surface area contributed by atoms with Crippen LogP contribution in [-0.2, 0) is 19.1 Å². The Morgan fingerprint density at radius 1 is 1.60 bits per heavy atom. The molecule has 0 aliphatic carbocycles. The molecule has 0 unspecified atom stereocenters. The first kappa shape index (κ1) is 13.6. The maximum absolute atomic E-state index is 12.6. The topological polar surface area (TPSA) is 55.8 Å². The first-order valence-electron chi connectivity index (χ1n) is 7.31. The molecule has 2 saturated heterocycles. The zero-order valence-electron chi connectivity index (χ0n) is 12.2. The SMILES string of the molecule is CCOC(=O)[C@H]1[C@H]2C(=O)N(CC(C)C)C[C@@]23C=C[C@H]1O3. The largest absolute Gasteiger partial charge is 0.466 e. The minimum absolute atomic E-state index is 0.0311. The summed E-state index contributed by atoms with van der Waals surface area (Å²) in [6, 6.07) is 0. The lowest BCUT2D eigenvalue weighted by Crippen LogP contribution is -2.40. The Kier molecular flexibility index (Phi) is 3.12. The van der Waals surface area contributed by atoms with Gasteiger partial charge >= 0.3 is 5.97 Å². The quantitative estimate of drug-likeness (QED) is 0.569. The van der Waals surface area contributed by atoms with Crippen molar-refractivity contribution in [3.05, 3.63) is 12.2 Å². The van der Waals surface area contributed by atoms with Gasteiger partial charge in [0.15, 0.2) is 0 Å². The van der Waals surface area contributed by atoms with Gasteiger partial charge in [0.2, 0.25) is 5.91 Å². The first-order chi connectivity index (χ1) is 9.48. The highest BCUT2D eigenvalue weighted by Crippen LogP contribution is 2.52. The van der Waals surface area contributed by atoms with Gasteiger partial charge in [0.25, 0.3) is 0 Å². The molecule has 3 aliphatic heterocycles. The van der Waals surface area contributed by atoms with Crippen LogP contribution >= 0.6 is 0 Å². The Hall–Kier alpha value is -1.36. The fourth-order valence-electron chi connectivity index (χ4n) is 3.68.